The van der Waals surface area contributed by atoms with Gasteiger partial charge in [-0.2, -0.15) is 0 Å². The summed E-state index contributed by atoms with van der Waals surface area (Å²) < 4.78 is 19.4. The quantitative estimate of drug-likeness (QED) is 0.672. The maximum atomic E-state index is 13.5. The lowest BCUT2D eigenvalue weighted by molar-refractivity contribution is -0.135. The number of nitrogens with zero attached hydrogens (tertiary/aromatic N) is 2. The SMILES string of the molecule is CCNC(=O)N(CC(=O)N1CCc2sccc2[C@@H]1COc1cccc(F)c1)CC1CC1. The van der Waals surface area contributed by atoms with E-state index in [0.29, 0.717) is 31.3 Å². The van der Waals surface area contributed by atoms with E-state index in [-0.39, 0.29) is 36.9 Å². The van der Waals surface area contributed by atoms with Crippen molar-refractivity contribution >= 4 is 23.3 Å². The zero-order chi connectivity index (χ0) is 21.8. The van der Waals surface area contributed by atoms with Crippen molar-refractivity contribution < 1.29 is 18.7 Å². The molecule has 1 aliphatic heterocycles. The van der Waals surface area contributed by atoms with Crippen molar-refractivity contribution in [2.24, 2.45) is 5.92 Å². The first-order valence-electron chi connectivity index (χ1n) is 10.8. The van der Waals surface area contributed by atoms with Crippen molar-refractivity contribution in [3.63, 3.8) is 0 Å². The largest absolute Gasteiger partial charge is 0.491 e. The highest BCUT2D eigenvalue weighted by Crippen LogP contribution is 2.34. The number of benzene rings is 1. The molecule has 0 radical (unpaired) electrons. The molecule has 0 bridgehead atoms. The summed E-state index contributed by atoms with van der Waals surface area (Å²) in [5.74, 6) is 0.485. The van der Waals surface area contributed by atoms with Crippen LogP contribution in [0.15, 0.2) is 35.7 Å². The van der Waals surface area contributed by atoms with Crippen LogP contribution in [0, 0.1) is 11.7 Å². The van der Waals surface area contributed by atoms with Crippen LogP contribution in [0.2, 0.25) is 0 Å². The predicted molar refractivity (Wildman–Crippen MR) is 118 cm³/mol. The van der Waals surface area contributed by atoms with E-state index < -0.39 is 0 Å². The average Bonchev–Trinajstić information content (AvgIpc) is 3.44. The van der Waals surface area contributed by atoms with Crippen molar-refractivity contribution in [2.75, 3.05) is 32.8 Å². The summed E-state index contributed by atoms with van der Waals surface area (Å²) in [6.45, 7) is 3.88. The number of carbonyl (C=O) groups is 2. The Labute approximate surface area is 186 Å². The van der Waals surface area contributed by atoms with Gasteiger partial charge in [-0.1, -0.05) is 6.07 Å². The van der Waals surface area contributed by atoms with Crippen LogP contribution in [0.3, 0.4) is 0 Å². The summed E-state index contributed by atoms with van der Waals surface area (Å²) in [5, 5.41) is 4.85. The van der Waals surface area contributed by atoms with E-state index in [4.69, 9.17) is 4.74 Å². The van der Waals surface area contributed by atoms with E-state index in [2.05, 4.69) is 5.32 Å². The minimum absolute atomic E-state index is 0.0538. The number of hydrogen-bond donors (Lipinski definition) is 1. The lowest BCUT2D eigenvalue weighted by atomic mass is 10.0. The van der Waals surface area contributed by atoms with Gasteiger partial charge in [0.25, 0.3) is 0 Å². The van der Waals surface area contributed by atoms with Gasteiger partial charge in [0.1, 0.15) is 24.7 Å². The zero-order valence-corrected chi connectivity index (χ0v) is 18.5. The lowest BCUT2D eigenvalue weighted by Gasteiger charge is -2.37. The number of halogens is 1. The molecule has 2 aromatic rings. The summed E-state index contributed by atoms with van der Waals surface area (Å²) >= 11 is 1.68. The van der Waals surface area contributed by atoms with Crippen LogP contribution in [0.1, 0.15) is 36.2 Å². The number of ether oxygens (including phenoxy) is 1. The number of amides is 3. The molecule has 4 rings (SSSR count). The molecular weight excluding hydrogens is 417 g/mol. The molecule has 0 saturated heterocycles. The molecule has 166 valence electrons. The smallest absolute Gasteiger partial charge is 0.317 e. The van der Waals surface area contributed by atoms with E-state index in [9.17, 15) is 14.0 Å². The van der Waals surface area contributed by atoms with Gasteiger partial charge in [-0.15, -0.1) is 11.3 Å². The van der Waals surface area contributed by atoms with Gasteiger partial charge in [-0.3, -0.25) is 4.79 Å². The molecule has 0 unspecified atom stereocenters. The van der Waals surface area contributed by atoms with Crippen LogP contribution >= 0.6 is 11.3 Å². The Morgan fingerprint density at radius 1 is 1.32 bits per heavy atom. The summed E-state index contributed by atoms with van der Waals surface area (Å²) in [6.07, 6.45) is 3.01. The normalized spacial score (nSPS) is 17.7. The molecule has 1 fully saturated rings. The van der Waals surface area contributed by atoms with Crippen LogP contribution in [0.4, 0.5) is 9.18 Å². The molecule has 1 saturated carbocycles. The second kappa shape index (κ2) is 9.68. The number of fused-ring (bicyclic) bond motifs is 1. The fraction of sp³-hybridized carbons (Fsp3) is 0.478. The van der Waals surface area contributed by atoms with Crippen molar-refractivity contribution in [2.45, 2.75) is 32.2 Å². The first kappa shape index (κ1) is 21.6. The number of rotatable bonds is 8. The topological polar surface area (TPSA) is 61.9 Å². The minimum Gasteiger partial charge on any atom is -0.491 e. The molecule has 8 heteroatoms. The number of hydrogen-bond acceptors (Lipinski definition) is 4. The Balaban J connectivity index is 1.48. The molecule has 1 atom stereocenters. The van der Waals surface area contributed by atoms with Gasteiger partial charge in [0, 0.05) is 30.6 Å². The standard InChI is InChI=1S/C23H28FN3O3S/c1-2-25-23(29)26(13-16-6-7-16)14-22(28)27-10-8-21-19(9-11-31-21)20(27)15-30-18-5-3-4-17(24)12-18/h3-5,9,11-12,16,20H,2,6-8,10,13-15H2,1H3,(H,25,29)/t20-/m0/s1. The highest BCUT2D eigenvalue weighted by Gasteiger charge is 2.34. The Morgan fingerprint density at radius 2 is 2.16 bits per heavy atom. The predicted octanol–water partition coefficient (Wildman–Crippen LogP) is 3.83. The number of nitrogens with one attached hydrogen (secondary N) is 1. The van der Waals surface area contributed by atoms with Crippen LogP contribution in [-0.4, -0.2) is 54.5 Å². The van der Waals surface area contributed by atoms with E-state index in [0.717, 1.165) is 24.8 Å². The van der Waals surface area contributed by atoms with E-state index in [1.165, 1.54) is 17.0 Å². The van der Waals surface area contributed by atoms with Gasteiger partial charge in [0.15, 0.2) is 0 Å². The Hall–Kier alpha value is -2.61. The van der Waals surface area contributed by atoms with Crippen molar-refractivity contribution in [3.05, 3.63) is 52.0 Å². The first-order chi connectivity index (χ1) is 15.0. The van der Waals surface area contributed by atoms with Gasteiger partial charge >= 0.3 is 6.03 Å². The molecule has 1 N–H and O–H groups in total. The Morgan fingerprint density at radius 3 is 2.90 bits per heavy atom. The summed E-state index contributed by atoms with van der Waals surface area (Å²) in [7, 11) is 0. The molecule has 6 nitrogen and oxygen atoms in total. The molecule has 1 aromatic carbocycles. The third-order valence-corrected chi connectivity index (χ3v) is 6.73. The zero-order valence-electron chi connectivity index (χ0n) is 17.7. The van der Waals surface area contributed by atoms with Gasteiger partial charge in [0.2, 0.25) is 5.91 Å². The second-order valence-electron chi connectivity index (χ2n) is 8.08. The van der Waals surface area contributed by atoms with Gasteiger partial charge in [0.05, 0.1) is 6.04 Å². The molecule has 2 heterocycles. The second-order valence-corrected chi connectivity index (χ2v) is 9.08. The maximum absolute atomic E-state index is 13.5. The minimum atomic E-state index is -0.358. The van der Waals surface area contributed by atoms with Gasteiger partial charge in [-0.25, -0.2) is 9.18 Å². The van der Waals surface area contributed by atoms with Crippen LogP contribution in [0.25, 0.3) is 0 Å². The molecule has 0 spiro atoms. The molecular formula is C23H28FN3O3S. The number of thiophene rings is 1. The summed E-state index contributed by atoms with van der Waals surface area (Å²) in [5.41, 5.74) is 1.08. The van der Waals surface area contributed by atoms with E-state index in [1.807, 2.05) is 23.3 Å². The molecule has 1 aromatic heterocycles. The fourth-order valence-corrected chi connectivity index (χ4v) is 4.88. The van der Waals surface area contributed by atoms with Crippen LogP contribution in [0.5, 0.6) is 5.75 Å². The van der Waals surface area contributed by atoms with Crippen LogP contribution < -0.4 is 10.1 Å². The Kier molecular flexibility index (Phi) is 6.75. The maximum Gasteiger partial charge on any atom is 0.317 e. The molecule has 31 heavy (non-hydrogen) atoms. The number of urea groups is 1. The summed E-state index contributed by atoms with van der Waals surface area (Å²) in [4.78, 5) is 30.5. The lowest BCUT2D eigenvalue weighted by Crippen LogP contribution is -2.50. The Bertz CT molecular complexity index is 930. The summed E-state index contributed by atoms with van der Waals surface area (Å²) in [6, 6.07) is 7.61. The van der Waals surface area contributed by atoms with Crippen molar-refractivity contribution in [1.82, 2.24) is 15.1 Å². The fourth-order valence-electron chi connectivity index (χ4n) is 3.96. The highest BCUT2D eigenvalue weighted by molar-refractivity contribution is 7.10. The highest BCUT2D eigenvalue weighted by atomic mass is 32.1. The van der Waals surface area contributed by atoms with E-state index >= 15 is 0 Å². The van der Waals surface area contributed by atoms with Crippen LogP contribution in [-0.2, 0) is 11.2 Å². The monoisotopic (exact) mass is 445 g/mol. The third-order valence-electron chi connectivity index (χ3n) is 5.74. The van der Waals surface area contributed by atoms with Gasteiger partial charge in [-0.05, 0) is 61.2 Å². The molecule has 1 aliphatic carbocycles. The first-order valence-corrected chi connectivity index (χ1v) is 11.7. The van der Waals surface area contributed by atoms with Gasteiger partial charge < -0.3 is 19.9 Å². The number of carbonyl (C=O) groups excluding carboxylic acids is 2. The molecule has 3 amide bonds. The van der Waals surface area contributed by atoms with Crippen molar-refractivity contribution in [3.8, 4) is 5.75 Å². The third kappa shape index (κ3) is 5.36. The van der Waals surface area contributed by atoms with E-state index in [1.54, 1.807) is 28.4 Å². The molecule has 2 aliphatic rings. The van der Waals surface area contributed by atoms with Crippen molar-refractivity contribution in [1.29, 1.82) is 0 Å². The average molecular weight is 446 g/mol.